The number of hydrogen-bond acceptors (Lipinski definition) is 5. The number of aromatic nitrogens is 3. The molecule has 11 heteroatoms. The van der Waals surface area contributed by atoms with Crippen LogP contribution < -0.4 is 0 Å². The number of rotatable bonds is 5. The van der Waals surface area contributed by atoms with E-state index in [0.29, 0.717) is 28.6 Å². The molecule has 6 nitrogen and oxygen atoms in total. The zero-order valence-corrected chi connectivity index (χ0v) is 22.3. The van der Waals surface area contributed by atoms with Crippen LogP contribution in [0.2, 0.25) is 0 Å². The van der Waals surface area contributed by atoms with E-state index in [9.17, 15) is 30.8 Å². The summed E-state index contributed by atoms with van der Waals surface area (Å²) in [5.74, 6) is -0.748. The Bertz CT molecular complexity index is 1780. The van der Waals surface area contributed by atoms with Crippen LogP contribution in [0.1, 0.15) is 46.6 Å². The Balaban J connectivity index is 1.44. The molecule has 0 radical (unpaired) electrons. The molecule has 210 valence electrons. The molecule has 0 unspecified atom stereocenters. The quantitative estimate of drug-likeness (QED) is 0.205. The maximum absolute atomic E-state index is 14.2. The van der Waals surface area contributed by atoms with Gasteiger partial charge in [0.15, 0.2) is 15.6 Å². The fourth-order valence-electron chi connectivity index (χ4n) is 5.90. The van der Waals surface area contributed by atoms with Gasteiger partial charge in [0.1, 0.15) is 11.5 Å². The molecule has 0 amide bonds. The summed E-state index contributed by atoms with van der Waals surface area (Å²) in [6.07, 6.45) is 0.598. The summed E-state index contributed by atoms with van der Waals surface area (Å²) < 4.78 is 82.8. The maximum Gasteiger partial charge on any atom is 0.416 e. The maximum atomic E-state index is 14.2. The third kappa shape index (κ3) is 4.67. The molecule has 0 saturated heterocycles. The monoisotopic (exact) mass is 581 g/mol. The molecule has 0 bridgehead atoms. The molecule has 2 aromatic carbocycles. The van der Waals surface area contributed by atoms with Crippen LogP contribution >= 0.6 is 0 Å². The SMILES string of the molecule is O=C(c1ccccn1)[C@]12Cc3cnn(-c4ccc(F)cc4)c3C=C1CC[C@H](S(=O)(=O)c1cccc(C(F)(F)F)c1)C2. The second-order valence-corrected chi connectivity index (χ2v) is 12.6. The molecule has 2 aliphatic carbocycles. The highest BCUT2D eigenvalue weighted by molar-refractivity contribution is 7.92. The summed E-state index contributed by atoms with van der Waals surface area (Å²) in [4.78, 5) is 18.0. The minimum absolute atomic E-state index is 0.117. The van der Waals surface area contributed by atoms with Crippen LogP contribution in [0.3, 0.4) is 0 Å². The van der Waals surface area contributed by atoms with Crippen molar-refractivity contribution in [1.82, 2.24) is 14.8 Å². The van der Waals surface area contributed by atoms with Crippen molar-refractivity contribution in [3.05, 3.63) is 113 Å². The number of sulfone groups is 1. The van der Waals surface area contributed by atoms with Gasteiger partial charge in [-0.3, -0.25) is 9.78 Å². The Labute approximate surface area is 233 Å². The number of hydrogen-bond donors (Lipinski definition) is 0. The van der Waals surface area contributed by atoms with Gasteiger partial charge in [-0.2, -0.15) is 18.3 Å². The minimum atomic E-state index is -4.70. The Morgan fingerprint density at radius 3 is 2.51 bits per heavy atom. The Kier molecular flexibility index (Phi) is 6.44. The van der Waals surface area contributed by atoms with Gasteiger partial charge in [-0.1, -0.05) is 17.7 Å². The van der Waals surface area contributed by atoms with E-state index in [4.69, 9.17) is 0 Å². The van der Waals surface area contributed by atoms with Crippen LogP contribution in [0, 0.1) is 11.2 Å². The number of nitrogens with zero attached hydrogens (tertiary/aromatic N) is 3. The van der Waals surface area contributed by atoms with Gasteiger partial charge in [0, 0.05) is 6.20 Å². The first kappa shape index (κ1) is 27.1. The summed E-state index contributed by atoms with van der Waals surface area (Å²) in [6, 6.07) is 14.4. The van der Waals surface area contributed by atoms with E-state index in [-0.39, 0.29) is 37.2 Å². The minimum Gasteiger partial charge on any atom is -0.291 e. The van der Waals surface area contributed by atoms with Crippen molar-refractivity contribution >= 4 is 21.7 Å². The molecule has 1 saturated carbocycles. The summed E-state index contributed by atoms with van der Waals surface area (Å²) >= 11 is 0. The van der Waals surface area contributed by atoms with E-state index in [1.54, 1.807) is 41.2 Å². The van der Waals surface area contributed by atoms with Crippen LogP contribution in [0.4, 0.5) is 17.6 Å². The lowest BCUT2D eigenvalue weighted by Gasteiger charge is -2.43. The van der Waals surface area contributed by atoms with Crippen LogP contribution in [-0.4, -0.2) is 34.2 Å². The van der Waals surface area contributed by atoms with E-state index >= 15 is 0 Å². The van der Waals surface area contributed by atoms with Gasteiger partial charge in [0.05, 0.1) is 38.7 Å². The molecule has 2 heterocycles. The number of fused-ring (bicyclic) bond motifs is 2. The average molecular weight is 582 g/mol. The van der Waals surface area contributed by atoms with Gasteiger partial charge >= 0.3 is 6.18 Å². The fourth-order valence-corrected chi connectivity index (χ4v) is 7.78. The molecule has 2 aromatic heterocycles. The van der Waals surface area contributed by atoms with Gasteiger partial charge in [0.25, 0.3) is 0 Å². The van der Waals surface area contributed by atoms with Crippen molar-refractivity contribution in [1.29, 1.82) is 0 Å². The number of ketones is 1. The summed E-state index contributed by atoms with van der Waals surface area (Å²) in [5.41, 5.74) is 0.563. The van der Waals surface area contributed by atoms with Crippen molar-refractivity contribution in [3.8, 4) is 5.69 Å². The Hall–Kier alpha value is -4.12. The Morgan fingerprint density at radius 2 is 1.80 bits per heavy atom. The molecule has 1 fully saturated rings. The Morgan fingerprint density at radius 1 is 1.02 bits per heavy atom. The number of Topliss-reactive ketones (excluding diaryl/α,β-unsaturated/α-hetero) is 1. The van der Waals surface area contributed by atoms with E-state index in [2.05, 4.69) is 10.1 Å². The molecule has 4 aromatic rings. The average Bonchev–Trinajstić information content (AvgIpc) is 3.38. The lowest BCUT2D eigenvalue weighted by molar-refractivity contribution is -0.137. The molecule has 0 aliphatic heterocycles. The first-order valence-electron chi connectivity index (χ1n) is 12.9. The zero-order valence-electron chi connectivity index (χ0n) is 21.5. The molecule has 0 N–H and O–H groups in total. The van der Waals surface area contributed by atoms with E-state index in [1.807, 2.05) is 6.08 Å². The number of alkyl halides is 3. The third-order valence-electron chi connectivity index (χ3n) is 7.95. The number of allylic oxidation sites excluding steroid dienone is 1. The third-order valence-corrected chi connectivity index (χ3v) is 10.1. The summed E-state index contributed by atoms with van der Waals surface area (Å²) in [7, 11) is -4.22. The highest BCUT2D eigenvalue weighted by Gasteiger charge is 2.52. The largest absolute Gasteiger partial charge is 0.416 e. The van der Waals surface area contributed by atoms with Crippen molar-refractivity contribution < 1.29 is 30.8 Å². The van der Waals surface area contributed by atoms with Crippen LogP contribution in [0.25, 0.3) is 11.8 Å². The van der Waals surface area contributed by atoms with Crippen molar-refractivity contribution in [3.63, 3.8) is 0 Å². The first-order valence-corrected chi connectivity index (χ1v) is 14.4. The lowest BCUT2D eigenvalue weighted by Crippen LogP contribution is -2.45. The fraction of sp³-hybridized carbons (Fsp3) is 0.233. The topological polar surface area (TPSA) is 81.9 Å². The lowest BCUT2D eigenvalue weighted by atomic mass is 9.61. The summed E-state index contributed by atoms with van der Waals surface area (Å²) in [6.45, 7) is 0. The van der Waals surface area contributed by atoms with Crippen molar-refractivity contribution in [2.24, 2.45) is 5.41 Å². The molecule has 2 aliphatic rings. The number of benzene rings is 2. The first-order chi connectivity index (χ1) is 19.5. The second kappa shape index (κ2) is 9.76. The smallest absolute Gasteiger partial charge is 0.291 e. The van der Waals surface area contributed by atoms with Gasteiger partial charge in [-0.05, 0) is 91.9 Å². The highest BCUT2D eigenvalue weighted by Crippen LogP contribution is 2.52. The van der Waals surface area contributed by atoms with Crippen molar-refractivity contribution in [2.75, 3.05) is 0 Å². The summed E-state index contributed by atoms with van der Waals surface area (Å²) in [5, 5.41) is 3.37. The van der Waals surface area contributed by atoms with Crippen LogP contribution in [0.5, 0.6) is 0 Å². The molecule has 2 atom stereocenters. The van der Waals surface area contributed by atoms with Gasteiger partial charge in [-0.15, -0.1) is 0 Å². The van der Waals surface area contributed by atoms with Gasteiger partial charge < -0.3 is 0 Å². The molecule has 0 spiro atoms. The number of pyridine rings is 1. The number of carbonyl (C=O) groups is 1. The van der Waals surface area contributed by atoms with E-state index in [0.717, 1.165) is 18.2 Å². The number of carbonyl (C=O) groups excluding carboxylic acids is 1. The number of halogens is 4. The zero-order chi connectivity index (χ0) is 29.0. The van der Waals surface area contributed by atoms with Crippen LogP contribution in [0.15, 0.2) is 89.6 Å². The van der Waals surface area contributed by atoms with Crippen molar-refractivity contribution in [2.45, 2.75) is 42.0 Å². The van der Waals surface area contributed by atoms with Gasteiger partial charge in [-0.25, -0.2) is 17.5 Å². The molecule has 6 rings (SSSR count). The van der Waals surface area contributed by atoms with E-state index < -0.39 is 43.0 Å². The van der Waals surface area contributed by atoms with Gasteiger partial charge in [0.2, 0.25) is 0 Å². The standard InChI is InChI=1S/C30H23F4N3O3S/c31-22-8-10-23(11-9-22)37-27-15-20-7-12-25(41(39,40)24-5-3-4-21(14-24)30(32,33)34)17-29(20,16-19(27)18-36-37)28(38)26-6-1-2-13-35-26/h1-6,8-11,13-15,18,25H,7,12,16-17H2/t25-,29-/m0/s1. The highest BCUT2D eigenvalue weighted by atomic mass is 32.2. The molecule has 41 heavy (non-hydrogen) atoms. The molecular formula is C30H23F4N3O3S. The normalized spacial score (nSPS) is 20.6. The van der Waals surface area contributed by atoms with Crippen LogP contribution in [-0.2, 0) is 22.4 Å². The predicted molar refractivity (Wildman–Crippen MR) is 142 cm³/mol. The second-order valence-electron chi connectivity index (χ2n) is 10.4. The van der Waals surface area contributed by atoms with E-state index in [1.165, 1.54) is 18.3 Å². The molecular weight excluding hydrogens is 558 g/mol. The predicted octanol–water partition coefficient (Wildman–Crippen LogP) is 6.26.